The number of nitrogens with one attached hydrogen (secondary N) is 1. The summed E-state index contributed by atoms with van der Waals surface area (Å²) in [6.45, 7) is -0.433. The van der Waals surface area contributed by atoms with Crippen LogP contribution in [0.15, 0.2) is 41.3 Å². The van der Waals surface area contributed by atoms with E-state index >= 15 is 0 Å². The van der Waals surface area contributed by atoms with Gasteiger partial charge in [-0.25, -0.2) is 0 Å². The zero-order chi connectivity index (χ0) is 17.0. The van der Waals surface area contributed by atoms with Crippen LogP contribution in [0.3, 0.4) is 0 Å². The molecule has 1 aromatic heterocycles. The van der Waals surface area contributed by atoms with Gasteiger partial charge in [0.15, 0.2) is 0 Å². The first-order chi connectivity index (χ1) is 10.9. The lowest BCUT2D eigenvalue weighted by atomic mass is 10.2. The van der Waals surface area contributed by atoms with E-state index in [0.717, 1.165) is 22.9 Å². The van der Waals surface area contributed by atoms with Crippen LogP contribution in [0.25, 0.3) is 0 Å². The van der Waals surface area contributed by atoms with Gasteiger partial charge in [-0.05, 0) is 18.2 Å². The van der Waals surface area contributed by atoms with E-state index in [-0.39, 0.29) is 16.9 Å². The average Bonchev–Trinajstić information content (AvgIpc) is 2.49. The molecule has 1 aromatic carbocycles. The van der Waals surface area contributed by atoms with Crippen molar-refractivity contribution in [1.29, 1.82) is 5.26 Å². The second-order valence-electron chi connectivity index (χ2n) is 4.46. The van der Waals surface area contributed by atoms with E-state index in [1.165, 1.54) is 18.2 Å². The highest BCUT2D eigenvalue weighted by molar-refractivity contribution is 6.31. The third kappa shape index (κ3) is 3.93. The van der Waals surface area contributed by atoms with Gasteiger partial charge in [0.1, 0.15) is 12.6 Å². The lowest BCUT2D eigenvalue weighted by Crippen LogP contribution is -2.27. The summed E-state index contributed by atoms with van der Waals surface area (Å²) in [6.07, 6.45) is 0.977. The monoisotopic (exact) mass is 332 g/mol. The molecule has 2 aromatic rings. The van der Waals surface area contributed by atoms with Gasteiger partial charge in [0.05, 0.1) is 22.4 Å². The van der Waals surface area contributed by atoms with E-state index in [9.17, 15) is 19.7 Å². The molecule has 0 aliphatic heterocycles. The molecule has 0 saturated heterocycles. The molecule has 0 aliphatic carbocycles. The van der Waals surface area contributed by atoms with E-state index in [0.29, 0.717) is 5.02 Å². The maximum absolute atomic E-state index is 12.0. The number of rotatable bonds is 4. The predicted octanol–water partition coefficient (Wildman–Crippen LogP) is 1.92. The van der Waals surface area contributed by atoms with E-state index in [1.54, 1.807) is 0 Å². The molecule has 0 saturated carbocycles. The number of nitrogens with zero attached hydrogens (tertiary/aromatic N) is 3. The molecule has 0 bridgehead atoms. The average molecular weight is 333 g/mol. The van der Waals surface area contributed by atoms with Crippen LogP contribution in [0, 0.1) is 21.4 Å². The molecule has 23 heavy (non-hydrogen) atoms. The lowest BCUT2D eigenvalue weighted by molar-refractivity contribution is -0.385. The number of hydrogen-bond donors (Lipinski definition) is 1. The van der Waals surface area contributed by atoms with Crippen molar-refractivity contribution < 1.29 is 9.72 Å². The minimum atomic E-state index is -0.668. The topological polar surface area (TPSA) is 118 Å². The zero-order valence-corrected chi connectivity index (χ0v) is 12.3. The number of halogens is 1. The molecule has 1 N–H and O–H groups in total. The number of hydrogen-bond acceptors (Lipinski definition) is 5. The summed E-state index contributed by atoms with van der Waals surface area (Å²) in [4.78, 5) is 33.7. The SMILES string of the molecule is N#Cc1ccc(Cl)cc1NC(=O)Cn1cc([N+](=O)[O-])ccc1=O. The molecular formula is C14H9ClN4O4. The Morgan fingerprint density at radius 3 is 2.78 bits per heavy atom. The third-order valence-electron chi connectivity index (χ3n) is 2.87. The zero-order valence-electron chi connectivity index (χ0n) is 11.5. The van der Waals surface area contributed by atoms with Crippen molar-refractivity contribution in [2.75, 3.05) is 5.32 Å². The van der Waals surface area contributed by atoms with Gasteiger partial charge >= 0.3 is 0 Å². The minimum Gasteiger partial charge on any atom is -0.323 e. The number of benzene rings is 1. The Labute approximate surface area is 134 Å². The standard InChI is InChI=1S/C14H9ClN4O4/c15-10-2-1-9(6-16)12(5-10)17-13(20)8-18-7-11(19(22)23)3-4-14(18)21/h1-5,7H,8H2,(H,17,20). The van der Waals surface area contributed by atoms with Crippen molar-refractivity contribution in [3.63, 3.8) is 0 Å². The van der Waals surface area contributed by atoms with Crippen LogP contribution in [0.2, 0.25) is 5.02 Å². The second-order valence-corrected chi connectivity index (χ2v) is 4.90. The van der Waals surface area contributed by atoms with Gasteiger partial charge in [-0.1, -0.05) is 11.6 Å². The number of nitro groups is 1. The molecule has 0 radical (unpaired) electrons. The minimum absolute atomic E-state index is 0.198. The molecule has 2 rings (SSSR count). The van der Waals surface area contributed by atoms with Crippen LogP contribution in [0.4, 0.5) is 11.4 Å². The first kappa shape index (κ1) is 16.2. The first-order valence-corrected chi connectivity index (χ1v) is 6.63. The summed E-state index contributed by atoms with van der Waals surface area (Å²) in [6, 6.07) is 8.30. The van der Waals surface area contributed by atoms with Crippen LogP contribution in [0.1, 0.15) is 5.56 Å². The van der Waals surface area contributed by atoms with Crippen molar-refractivity contribution in [2.24, 2.45) is 0 Å². The summed E-state index contributed by atoms with van der Waals surface area (Å²) in [5, 5.41) is 22.5. The van der Waals surface area contributed by atoms with Gasteiger partial charge in [0, 0.05) is 17.2 Å². The molecule has 0 fully saturated rings. The summed E-state index contributed by atoms with van der Waals surface area (Å²) in [5.41, 5.74) is -0.465. The van der Waals surface area contributed by atoms with Crippen molar-refractivity contribution >= 4 is 28.9 Å². The normalized spacial score (nSPS) is 9.91. The Hall–Kier alpha value is -3.18. The maximum Gasteiger partial charge on any atom is 0.285 e. The van der Waals surface area contributed by atoms with Gasteiger partial charge in [-0.15, -0.1) is 0 Å². The second kappa shape index (κ2) is 6.72. The lowest BCUT2D eigenvalue weighted by Gasteiger charge is -2.09. The summed E-state index contributed by atoms with van der Waals surface area (Å²) >= 11 is 5.81. The molecular weight excluding hydrogens is 324 g/mol. The fraction of sp³-hybridized carbons (Fsp3) is 0.0714. The van der Waals surface area contributed by atoms with Gasteiger partial charge in [-0.2, -0.15) is 5.26 Å². The van der Waals surface area contributed by atoms with Crippen molar-refractivity contribution in [1.82, 2.24) is 4.57 Å². The summed E-state index contributed by atoms with van der Waals surface area (Å²) in [5.74, 6) is -0.619. The molecule has 116 valence electrons. The summed E-state index contributed by atoms with van der Waals surface area (Å²) in [7, 11) is 0. The number of anilines is 1. The van der Waals surface area contributed by atoms with Gasteiger partial charge < -0.3 is 5.32 Å². The molecule has 1 amide bonds. The first-order valence-electron chi connectivity index (χ1n) is 6.25. The van der Waals surface area contributed by atoms with Crippen molar-refractivity contribution in [2.45, 2.75) is 6.54 Å². The van der Waals surface area contributed by atoms with E-state index in [1.807, 2.05) is 6.07 Å². The van der Waals surface area contributed by atoms with Crippen LogP contribution in [0.5, 0.6) is 0 Å². The molecule has 0 unspecified atom stereocenters. The highest BCUT2D eigenvalue weighted by Crippen LogP contribution is 2.20. The maximum atomic E-state index is 12.0. The van der Waals surface area contributed by atoms with Crippen molar-refractivity contribution in [3.8, 4) is 6.07 Å². The quantitative estimate of drug-likeness (QED) is 0.677. The number of amides is 1. The molecule has 9 heteroatoms. The number of carbonyl (C=O) groups excluding carboxylic acids is 1. The molecule has 0 spiro atoms. The van der Waals surface area contributed by atoms with Gasteiger partial charge in [-0.3, -0.25) is 24.3 Å². The third-order valence-corrected chi connectivity index (χ3v) is 3.10. The molecule has 0 atom stereocenters. The Kier molecular flexibility index (Phi) is 4.73. The van der Waals surface area contributed by atoms with Gasteiger partial charge in [0.25, 0.3) is 11.2 Å². The van der Waals surface area contributed by atoms with Crippen LogP contribution >= 0.6 is 11.6 Å². The number of aromatic nitrogens is 1. The van der Waals surface area contributed by atoms with E-state index in [4.69, 9.17) is 16.9 Å². The Morgan fingerprint density at radius 1 is 1.39 bits per heavy atom. The van der Waals surface area contributed by atoms with Gasteiger partial charge in [0.2, 0.25) is 5.91 Å². The molecule has 8 nitrogen and oxygen atoms in total. The highest BCUT2D eigenvalue weighted by Gasteiger charge is 2.12. The molecule has 1 heterocycles. The van der Waals surface area contributed by atoms with Crippen LogP contribution in [-0.4, -0.2) is 15.4 Å². The number of pyridine rings is 1. The summed E-state index contributed by atoms with van der Waals surface area (Å²) < 4.78 is 0.907. The number of nitriles is 1. The predicted molar refractivity (Wildman–Crippen MR) is 82.2 cm³/mol. The van der Waals surface area contributed by atoms with Crippen LogP contribution < -0.4 is 10.9 Å². The smallest absolute Gasteiger partial charge is 0.285 e. The Balaban J connectivity index is 2.22. The Bertz CT molecular complexity index is 885. The fourth-order valence-electron chi connectivity index (χ4n) is 1.81. The van der Waals surface area contributed by atoms with E-state index < -0.39 is 22.9 Å². The van der Waals surface area contributed by atoms with E-state index in [2.05, 4.69) is 5.32 Å². The van der Waals surface area contributed by atoms with Crippen molar-refractivity contribution in [3.05, 3.63) is 67.6 Å². The number of carbonyl (C=O) groups is 1. The van der Waals surface area contributed by atoms with Crippen LogP contribution in [-0.2, 0) is 11.3 Å². The Morgan fingerprint density at radius 2 is 2.13 bits per heavy atom. The molecule has 0 aliphatic rings. The highest BCUT2D eigenvalue weighted by atomic mass is 35.5. The fourth-order valence-corrected chi connectivity index (χ4v) is 1.98. The largest absolute Gasteiger partial charge is 0.323 e.